The second-order valence-corrected chi connectivity index (χ2v) is 4.23. The standard InChI is InChI=1S/C14H26O2.ClH/c1-3-5-6-7-8-9-10-11-12-13-14(15)16-4-2;/h4H,2-3,5-13H2,1H3;1H. The van der Waals surface area contributed by atoms with Crippen LogP contribution in [0.3, 0.4) is 0 Å². The first kappa shape index (κ1) is 18.9. The van der Waals surface area contributed by atoms with Gasteiger partial charge in [0.15, 0.2) is 0 Å². The van der Waals surface area contributed by atoms with E-state index in [1.54, 1.807) is 0 Å². The van der Waals surface area contributed by atoms with E-state index in [0.29, 0.717) is 6.42 Å². The van der Waals surface area contributed by atoms with Gasteiger partial charge in [-0.25, -0.2) is 0 Å². The summed E-state index contributed by atoms with van der Waals surface area (Å²) in [4.78, 5) is 11.0. The van der Waals surface area contributed by atoms with Crippen LogP contribution in [0.15, 0.2) is 12.8 Å². The summed E-state index contributed by atoms with van der Waals surface area (Å²) in [6.45, 7) is 5.59. The first-order valence-corrected chi connectivity index (χ1v) is 6.61. The van der Waals surface area contributed by atoms with Crippen molar-refractivity contribution in [2.45, 2.75) is 71.1 Å². The van der Waals surface area contributed by atoms with Gasteiger partial charge < -0.3 is 4.74 Å². The molecule has 3 heteroatoms. The molecule has 0 bridgehead atoms. The van der Waals surface area contributed by atoms with Crippen molar-refractivity contribution in [1.29, 1.82) is 0 Å². The summed E-state index contributed by atoms with van der Waals surface area (Å²) in [5.41, 5.74) is 0. The molecule has 0 aromatic heterocycles. The molecule has 17 heavy (non-hydrogen) atoms. The van der Waals surface area contributed by atoms with Crippen LogP contribution in [-0.4, -0.2) is 5.97 Å². The van der Waals surface area contributed by atoms with E-state index in [9.17, 15) is 4.79 Å². The van der Waals surface area contributed by atoms with Gasteiger partial charge in [0, 0.05) is 6.42 Å². The molecule has 2 nitrogen and oxygen atoms in total. The van der Waals surface area contributed by atoms with Crippen LogP contribution in [0.4, 0.5) is 0 Å². The summed E-state index contributed by atoms with van der Waals surface area (Å²) in [7, 11) is 0. The van der Waals surface area contributed by atoms with Crippen LogP contribution < -0.4 is 0 Å². The SMILES string of the molecule is C=COC(=O)CCCCCCCCCCC.Cl. The maximum absolute atomic E-state index is 11.0. The van der Waals surface area contributed by atoms with Crippen LogP contribution in [0.1, 0.15) is 71.1 Å². The third-order valence-corrected chi connectivity index (χ3v) is 2.70. The van der Waals surface area contributed by atoms with Gasteiger partial charge in [-0.1, -0.05) is 64.9 Å². The normalized spacial score (nSPS) is 9.47. The summed E-state index contributed by atoms with van der Waals surface area (Å²) < 4.78 is 4.64. The number of esters is 1. The van der Waals surface area contributed by atoms with E-state index < -0.39 is 0 Å². The zero-order chi connectivity index (χ0) is 12.1. The molecule has 0 rings (SSSR count). The minimum absolute atomic E-state index is 0. The largest absolute Gasteiger partial charge is 0.435 e. The number of ether oxygens (including phenoxy) is 1. The van der Waals surface area contributed by atoms with Crippen LogP contribution in [0, 0.1) is 0 Å². The average Bonchev–Trinajstić information content (AvgIpc) is 2.27. The third kappa shape index (κ3) is 15.5. The Morgan fingerprint density at radius 3 is 1.94 bits per heavy atom. The summed E-state index contributed by atoms with van der Waals surface area (Å²) >= 11 is 0. The first-order chi connectivity index (χ1) is 7.81. The smallest absolute Gasteiger partial charge is 0.310 e. The molecule has 0 aliphatic rings. The molecule has 102 valence electrons. The summed E-state index contributed by atoms with van der Waals surface area (Å²) in [5, 5.41) is 0. The van der Waals surface area contributed by atoms with E-state index >= 15 is 0 Å². The van der Waals surface area contributed by atoms with Crippen molar-refractivity contribution in [3.8, 4) is 0 Å². The van der Waals surface area contributed by atoms with Gasteiger partial charge in [-0.05, 0) is 6.42 Å². The Balaban J connectivity index is 0. The van der Waals surface area contributed by atoms with Crippen LogP contribution in [0.5, 0.6) is 0 Å². The van der Waals surface area contributed by atoms with Crippen molar-refractivity contribution < 1.29 is 9.53 Å². The van der Waals surface area contributed by atoms with E-state index in [4.69, 9.17) is 0 Å². The Hall–Kier alpha value is -0.500. The fourth-order valence-electron chi connectivity index (χ4n) is 1.73. The molecule has 0 aromatic rings. The lowest BCUT2D eigenvalue weighted by atomic mass is 10.1. The Morgan fingerprint density at radius 2 is 1.47 bits per heavy atom. The second-order valence-electron chi connectivity index (χ2n) is 4.23. The highest BCUT2D eigenvalue weighted by atomic mass is 35.5. The van der Waals surface area contributed by atoms with Gasteiger partial charge in [-0.2, -0.15) is 0 Å². The molecule has 0 saturated carbocycles. The summed E-state index contributed by atoms with van der Waals surface area (Å²) in [5.74, 6) is -0.155. The highest BCUT2D eigenvalue weighted by Gasteiger charge is 1.99. The predicted molar refractivity (Wildman–Crippen MR) is 75.4 cm³/mol. The molecule has 0 N–H and O–H groups in total. The third-order valence-electron chi connectivity index (χ3n) is 2.70. The Kier molecular flexibility index (Phi) is 17.2. The van der Waals surface area contributed by atoms with Crippen molar-refractivity contribution in [2.75, 3.05) is 0 Å². The Labute approximate surface area is 112 Å². The zero-order valence-electron chi connectivity index (χ0n) is 11.1. The molecule has 0 saturated heterocycles. The number of unbranched alkanes of at least 4 members (excludes halogenated alkanes) is 8. The van der Waals surface area contributed by atoms with Crippen molar-refractivity contribution in [2.24, 2.45) is 0 Å². The molecule has 0 heterocycles. The van der Waals surface area contributed by atoms with Gasteiger partial charge >= 0.3 is 5.97 Å². The maximum Gasteiger partial charge on any atom is 0.310 e. The number of carbonyl (C=O) groups is 1. The molecule has 0 aromatic carbocycles. The highest BCUT2D eigenvalue weighted by molar-refractivity contribution is 5.85. The Bertz CT molecular complexity index is 181. The molecule has 0 aliphatic carbocycles. The lowest BCUT2D eigenvalue weighted by Gasteiger charge is -2.01. The zero-order valence-corrected chi connectivity index (χ0v) is 11.9. The molecule has 0 amide bonds. The first-order valence-electron chi connectivity index (χ1n) is 6.61. The van der Waals surface area contributed by atoms with Gasteiger partial charge in [-0.15, -0.1) is 12.4 Å². The van der Waals surface area contributed by atoms with Crippen LogP contribution in [0.2, 0.25) is 0 Å². The minimum atomic E-state index is -0.155. The maximum atomic E-state index is 11.0. The monoisotopic (exact) mass is 262 g/mol. The van der Waals surface area contributed by atoms with Crippen LogP contribution >= 0.6 is 12.4 Å². The van der Waals surface area contributed by atoms with E-state index in [1.165, 1.54) is 51.2 Å². The molecule has 0 fully saturated rings. The van der Waals surface area contributed by atoms with Crippen LogP contribution in [0.25, 0.3) is 0 Å². The number of carbonyl (C=O) groups excluding carboxylic acids is 1. The highest BCUT2D eigenvalue weighted by Crippen LogP contribution is 2.10. The fourth-order valence-corrected chi connectivity index (χ4v) is 1.73. The topological polar surface area (TPSA) is 26.3 Å². The van der Waals surface area contributed by atoms with E-state index in [0.717, 1.165) is 12.8 Å². The average molecular weight is 263 g/mol. The van der Waals surface area contributed by atoms with Gasteiger partial charge in [0.1, 0.15) is 0 Å². The number of rotatable bonds is 11. The molecule has 0 spiro atoms. The van der Waals surface area contributed by atoms with Crippen molar-refractivity contribution >= 4 is 18.4 Å². The number of hydrogen-bond donors (Lipinski definition) is 0. The second kappa shape index (κ2) is 15.5. The van der Waals surface area contributed by atoms with E-state index in [1.807, 2.05) is 0 Å². The van der Waals surface area contributed by atoms with Crippen LogP contribution in [-0.2, 0) is 9.53 Å². The summed E-state index contributed by atoms with van der Waals surface area (Å²) in [6.07, 6.45) is 13.1. The van der Waals surface area contributed by atoms with E-state index in [-0.39, 0.29) is 18.4 Å². The molecule has 0 aliphatic heterocycles. The van der Waals surface area contributed by atoms with Gasteiger partial charge in [0.25, 0.3) is 0 Å². The Morgan fingerprint density at radius 1 is 1.00 bits per heavy atom. The molecule has 0 atom stereocenters. The molecule has 0 unspecified atom stereocenters. The van der Waals surface area contributed by atoms with Crippen molar-refractivity contribution in [1.82, 2.24) is 0 Å². The summed E-state index contributed by atoms with van der Waals surface area (Å²) in [6, 6.07) is 0. The van der Waals surface area contributed by atoms with Crippen molar-refractivity contribution in [3.05, 3.63) is 12.8 Å². The minimum Gasteiger partial charge on any atom is -0.435 e. The van der Waals surface area contributed by atoms with Gasteiger partial charge in [-0.3, -0.25) is 4.79 Å². The molecular weight excluding hydrogens is 236 g/mol. The van der Waals surface area contributed by atoms with Gasteiger partial charge in [0.2, 0.25) is 0 Å². The van der Waals surface area contributed by atoms with E-state index in [2.05, 4.69) is 18.2 Å². The molecule has 0 radical (unpaired) electrons. The number of hydrogen-bond acceptors (Lipinski definition) is 2. The number of halogens is 1. The molecular formula is C14H27ClO2. The van der Waals surface area contributed by atoms with Gasteiger partial charge in [0.05, 0.1) is 6.26 Å². The lowest BCUT2D eigenvalue weighted by Crippen LogP contribution is -1.98. The van der Waals surface area contributed by atoms with Crippen molar-refractivity contribution in [3.63, 3.8) is 0 Å². The predicted octanol–water partition coefficient (Wildman–Crippen LogP) is 5.02. The fraction of sp³-hybridized carbons (Fsp3) is 0.786. The quantitative estimate of drug-likeness (QED) is 0.297. The lowest BCUT2D eigenvalue weighted by molar-refractivity contribution is -0.138.